The SMILES string of the molecule is CCCCCN(C)S(=O)(=O)CC. The molecule has 0 aromatic heterocycles. The van der Waals surface area contributed by atoms with Gasteiger partial charge in [0, 0.05) is 13.6 Å². The van der Waals surface area contributed by atoms with Gasteiger partial charge >= 0.3 is 0 Å². The van der Waals surface area contributed by atoms with Crippen LogP contribution in [0, 0.1) is 0 Å². The number of sulfonamides is 1. The third-order valence-electron chi connectivity index (χ3n) is 1.92. The topological polar surface area (TPSA) is 37.4 Å². The first kappa shape index (κ1) is 11.9. The molecular weight excluding hydrogens is 174 g/mol. The molecule has 0 fully saturated rings. The summed E-state index contributed by atoms with van der Waals surface area (Å²) in [6.07, 6.45) is 3.19. The highest BCUT2D eigenvalue weighted by atomic mass is 32.2. The molecule has 0 radical (unpaired) electrons. The Labute approximate surface area is 75.8 Å². The molecule has 0 saturated heterocycles. The maximum Gasteiger partial charge on any atom is 0.213 e. The molecule has 0 aromatic rings. The first-order valence-electron chi connectivity index (χ1n) is 4.48. The molecular formula is C8H19NO2S. The highest BCUT2D eigenvalue weighted by Crippen LogP contribution is 2.01. The quantitative estimate of drug-likeness (QED) is 0.599. The molecule has 4 heteroatoms. The van der Waals surface area contributed by atoms with Crippen molar-refractivity contribution < 1.29 is 8.42 Å². The molecule has 12 heavy (non-hydrogen) atoms. The Balaban J connectivity index is 3.80. The summed E-state index contributed by atoms with van der Waals surface area (Å²) in [5, 5.41) is 0. The van der Waals surface area contributed by atoms with E-state index in [1.165, 1.54) is 4.31 Å². The maximum atomic E-state index is 11.2. The minimum absolute atomic E-state index is 0.204. The molecule has 0 heterocycles. The van der Waals surface area contributed by atoms with Crippen LogP contribution in [0.5, 0.6) is 0 Å². The first-order valence-corrected chi connectivity index (χ1v) is 6.09. The number of hydrogen-bond acceptors (Lipinski definition) is 2. The lowest BCUT2D eigenvalue weighted by molar-refractivity contribution is 0.455. The largest absolute Gasteiger partial charge is 0.213 e. The van der Waals surface area contributed by atoms with E-state index in [0.29, 0.717) is 6.54 Å². The summed E-state index contributed by atoms with van der Waals surface area (Å²) in [5.74, 6) is 0.204. The fourth-order valence-electron chi connectivity index (χ4n) is 0.944. The van der Waals surface area contributed by atoms with E-state index >= 15 is 0 Å². The third kappa shape index (κ3) is 4.07. The standard InChI is InChI=1S/C8H19NO2S/c1-4-6-7-8-9(3)12(10,11)5-2/h4-8H2,1-3H3. The summed E-state index contributed by atoms with van der Waals surface area (Å²) >= 11 is 0. The zero-order chi connectivity index (χ0) is 9.61. The second-order valence-corrected chi connectivity index (χ2v) is 5.29. The molecule has 0 bridgehead atoms. The van der Waals surface area contributed by atoms with Crippen LogP contribution in [0.2, 0.25) is 0 Å². The zero-order valence-corrected chi connectivity index (χ0v) is 9.02. The van der Waals surface area contributed by atoms with E-state index < -0.39 is 10.0 Å². The smallest absolute Gasteiger partial charge is 0.212 e. The third-order valence-corrected chi connectivity index (χ3v) is 3.78. The number of unbranched alkanes of at least 4 members (excludes halogenated alkanes) is 2. The zero-order valence-electron chi connectivity index (χ0n) is 8.21. The van der Waals surface area contributed by atoms with Gasteiger partial charge in [0.2, 0.25) is 10.0 Å². The molecule has 0 amide bonds. The van der Waals surface area contributed by atoms with Crippen LogP contribution >= 0.6 is 0 Å². The predicted molar refractivity (Wildman–Crippen MR) is 51.6 cm³/mol. The Kier molecular flexibility index (Phi) is 5.50. The number of rotatable bonds is 6. The minimum Gasteiger partial charge on any atom is -0.212 e. The summed E-state index contributed by atoms with van der Waals surface area (Å²) in [4.78, 5) is 0. The van der Waals surface area contributed by atoms with Crippen LogP contribution in [0.15, 0.2) is 0 Å². The highest BCUT2D eigenvalue weighted by Gasteiger charge is 2.13. The predicted octanol–water partition coefficient (Wildman–Crippen LogP) is 1.46. The Bertz CT molecular complexity index is 199. The average molecular weight is 193 g/mol. The molecule has 0 rings (SSSR count). The van der Waals surface area contributed by atoms with Crippen molar-refractivity contribution in [1.29, 1.82) is 0 Å². The number of hydrogen-bond donors (Lipinski definition) is 0. The second kappa shape index (κ2) is 5.54. The van der Waals surface area contributed by atoms with Gasteiger partial charge in [-0.05, 0) is 13.3 Å². The monoisotopic (exact) mass is 193 g/mol. The van der Waals surface area contributed by atoms with Crippen LogP contribution in [0.25, 0.3) is 0 Å². The molecule has 0 aromatic carbocycles. The molecule has 0 aliphatic rings. The van der Waals surface area contributed by atoms with Crippen molar-refractivity contribution in [3.63, 3.8) is 0 Å². The molecule has 3 nitrogen and oxygen atoms in total. The summed E-state index contributed by atoms with van der Waals surface area (Å²) in [5.41, 5.74) is 0. The van der Waals surface area contributed by atoms with Crippen molar-refractivity contribution in [2.24, 2.45) is 0 Å². The van der Waals surface area contributed by atoms with Crippen LogP contribution in [-0.2, 0) is 10.0 Å². The van der Waals surface area contributed by atoms with Crippen molar-refractivity contribution in [3.05, 3.63) is 0 Å². The Hall–Kier alpha value is -0.0900. The van der Waals surface area contributed by atoms with Gasteiger partial charge in [-0.2, -0.15) is 0 Å². The van der Waals surface area contributed by atoms with E-state index in [1.807, 2.05) is 0 Å². The number of nitrogens with zero attached hydrogens (tertiary/aromatic N) is 1. The maximum absolute atomic E-state index is 11.2. The molecule has 0 spiro atoms. The molecule has 0 aliphatic heterocycles. The minimum atomic E-state index is -2.95. The van der Waals surface area contributed by atoms with Gasteiger partial charge in [-0.15, -0.1) is 0 Å². The first-order chi connectivity index (χ1) is 5.54. The fraction of sp³-hybridized carbons (Fsp3) is 1.00. The van der Waals surface area contributed by atoms with Crippen LogP contribution in [0.1, 0.15) is 33.1 Å². The van der Waals surface area contributed by atoms with Crippen LogP contribution < -0.4 is 0 Å². The lowest BCUT2D eigenvalue weighted by Gasteiger charge is -2.15. The van der Waals surface area contributed by atoms with E-state index in [1.54, 1.807) is 14.0 Å². The average Bonchev–Trinajstić information content (AvgIpc) is 2.05. The second-order valence-electron chi connectivity index (χ2n) is 2.93. The summed E-state index contributed by atoms with van der Waals surface area (Å²) in [6.45, 7) is 4.43. The van der Waals surface area contributed by atoms with Gasteiger partial charge < -0.3 is 0 Å². The van der Waals surface area contributed by atoms with E-state index in [0.717, 1.165) is 19.3 Å². The van der Waals surface area contributed by atoms with Crippen molar-refractivity contribution in [1.82, 2.24) is 4.31 Å². The van der Waals surface area contributed by atoms with Gasteiger partial charge in [-0.1, -0.05) is 19.8 Å². The summed E-state index contributed by atoms with van der Waals surface area (Å²) in [6, 6.07) is 0. The Morgan fingerprint density at radius 1 is 1.17 bits per heavy atom. The molecule has 0 unspecified atom stereocenters. The Morgan fingerprint density at radius 2 is 1.75 bits per heavy atom. The Morgan fingerprint density at radius 3 is 2.17 bits per heavy atom. The van der Waals surface area contributed by atoms with Crippen LogP contribution in [0.4, 0.5) is 0 Å². The summed E-state index contributed by atoms with van der Waals surface area (Å²) < 4.78 is 23.9. The van der Waals surface area contributed by atoms with Gasteiger partial charge in [0.25, 0.3) is 0 Å². The highest BCUT2D eigenvalue weighted by molar-refractivity contribution is 7.89. The lowest BCUT2D eigenvalue weighted by atomic mass is 10.2. The van der Waals surface area contributed by atoms with Gasteiger partial charge in [0.1, 0.15) is 0 Å². The van der Waals surface area contributed by atoms with E-state index in [-0.39, 0.29) is 5.75 Å². The molecule has 0 saturated carbocycles. The molecule has 74 valence electrons. The van der Waals surface area contributed by atoms with Gasteiger partial charge in [-0.25, -0.2) is 12.7 Å². The van der Waals surface area contributed by atoms with Crippen LogP contribution in [0.3, 0.4) is 0 Å². The normalized spacial score (nSPS) is 12.3. The van der Waals surface area contributed by atoms with Crippen molar-refractivity contribution in [3.8, 4) is 0 Å². The van der Waals surface area contributed by atoms with Crippen molar-refractivity contribution >= 4 is 10.0 Å². The molecule has 0 aliphatic carbocycles. The van der Waals surface area contributed by atoms with Crippen LogP contribution in [-0.4, -0.2) is 32.1 Å². The van der Waals surface area contributed by atoms with E-state index in [4.69, 9.17) is 0 Å². The molecule has 0 N–H and O–H groups in total. The van der Waals surface area contributed by atoms with Gasteiger partial charge in [-0.3, -0.25) is 0 Å². The summed E-state index contributed by atoms with van der Waals surface area (Å²) in [7, 11) is -1.30. The van der Waals surface area contributed by atoms with E-state index in [9.17, 15) is 8.42 Å². The molecule has 0 atom stereocenters. The fourth-order valence-corrected chi connectivity index (χ4v) is 1.79. The lowest BCUT2D eigenvalue weighted by Crippen LogP contribution is -2.29. The van der Waals surface area contributed by atoms with Crippen molar-refractivity contribution in [2.45, 2.75) is 33.1 Å². The van der Waals surface area contributed by atoms with Crippen molar-refractivity contribution in [2.75, 3.05) is 19.3 Å². The van der Waals surface area contributed by atoms with E-state index in [2.05, 4.69) is 6.92 Å². The van der Waals surface area contributed by atoms with Gasteiger partial charge in [0.15, 0.2) is 0 Å². The van der Waals surface area contributed by atoms with Gasteiger partial charge in [0.05, 0.1) is 5.75 Å².